The van der Waals surface area contributed by atoms with Crippen molar-refractivity contribution < 1.29 is 33.6 Å². The van der Waals surface area contributed by atoms with Crippen molar-refractivity contribution in [1.29, 1.82) is 0 Å². The predicted molar refractivity (Wildman–Crippen MR) is 169 cm³/mol. The molecular formula is C34H58O7Si. The summed E-state index contributed by atoms with van der Waals surface area (Å²) in [6, 6.07) is 9.97. The van der Waals surface area contributed by atoms with E-state index in [0.717, 1.165) is 70.1 Å². The van der Waals surface area contributed by atoms with E-state index in [1.54, 1.807) is 0 Å². The fourth-order valence-electron chi connectivity index (χ4n) is 6.23. The highest BCUT2D eigenvalue weighted by Gasteiger charge is 2.45. The first-order chi connectivity index (χ1) is 19.9. The second-order valence-corrected chi connectivity index (χ2v) is 18.8. The van der Waals surface area contributed by atoms with Crippen molar-refractivity contribution >= 4 is 14.3 Å². The third kappa shape index (κ3) is 10.9. The van der Waals surface area contributed by atoms with Crippen molar-refractivity contribution in [3.63, 3.8) is 0 Å². The first-order valence-corrected chi connectivity index (χ1v) is 19.3. The fraction of sp³-hybridized carbons (Fsp3) is 0.794. The molecule has 1 saturated heterocycles. The second kappa shape index (κ2) is 16.6. The number of ether oxygens (including phenoxy) is 3. The maximum Gasteiger partial charge on any atom is 0.303 e. The summed E-state index contributed by atoms with van der Waals surface area (Å²) in [6.07, 6.45) is 9.37. The van der Waals surface area contributed by atoms with Crippen LogP contribution in [-0.2, 0) is 18.7 Å². The minimum atomic E-state index is -2.07. The Kier molecular flexibility index (Phi) is 13.8. The number of carbonyl (C=O) groups is 1. The van der Waals surface area contributed by atoms with Crippen molar-refractivity contribution in [2.24, 2.45) is 11.8 Å². The maximum atomic E-state index is 11.2. The Morgan fingerprint density at radius 3 is 2.40 bits per heavy atom. The van der Waals surface area contributed by atoms with Crippen LogP contribution in [0.25, 0.3) is 0 Å². The number of para-hydroxylation sites is 1. The molecule has 0 amide bonds. The summed E-state index contributed by atoms with van der Waals surface area (Å²) in [4.78, 5) is 10.9. The van der Waals surface area contributed by atoms with E-state index in [1.807, 2.05) is 30.3 Å². The Balaban J connectivity index is 1.73. The number of hydrogen-bond acceptors (Lipinski definition) is 6. The van der Waals surface area contributed by atoms with Crippen molar-refractivity contribution in [3.05, 3.63) is 30.3 Å². The van der Waals surface area contributed by atoms with Gasteiger partial charge in [-0.3, -0.25) is 4.79 Å². The van der Waals surface area contributed by atoms with Gasteiger partial charge >= 0.3 is 5.97 Å². The Morgan fingerprint density at radius 1 is 1.05 bits per heavy atom. The molecule has 0 spiro atoms. The van der Waals surface area contributed by atoms with E-state index in [1.165, 1.54) is 0 Å². The van der Waals surface area contributed by atoms with Gasteiger partial charge in [0.2, 0.25) is 0 Å². The predicted octanol–water partition coefficient (Wildman–Crippen LogP) is 7.96. The number of carboxylic acids is 1. The average molecular weight is 607 g/mol. The van der Waals surface area contributed by atoms with Crippen LogP contribution in [0.15, 0.2) is 30.3 Å². The molecule has 2 fully saturated rings. The van der Waals surface area contributed by atoms with Gasteiger partial charge in [-0.15, -0.1) is 0 Å². The molecule has 0 aromatic heterocycles. The monoisotopic (exact) mass is 606 g/mol. The van der Waals surface area contributed by atoms with Crippen LogP contribution in [0.5, 0.6) is 5.75 Å². The molecule has 2 aliphatic rings. The number of benzene rings is 1. The Labute approximate surface area is 255 Å². The zero-order valence-corrected chi connectivity index (χ0v) is 28.1. The minimum Gasteiger partial charge on any atom is -0.488 e. The van der Waals surface area contributed by atoms with Crippen LogP contribution in [0.4, 0.5) is 0 Å². The van der Waals surface area contributed by atoms with Gasteiger partial charge in [-0.25, -0.2) is 0 Å². The number of carboxylic acid groups (broad SMARTS) is 1. The van der Waals surface area contributed by atoms with Crippen LogP contribution >= 0.6 is 0 Å². The average Bonchev–Trinajstić information content (AvgIpc) is 3.21. The van der Waals surface area contributed by atoms with Crippen LogP contribution in [-0.4, -0.2) is 61.8 Å². The van der Waals surface area contributed by atoms with Crippen LogP contribution in [0.3, 0.4) is 0 Å². The SMILES string of the molecule is CC(Oc1ccccc1)[C@H](CC[C@H]1C(OC2CCCCO2)C[C@H](O)[C@@H]1CCCCCCC(=O)O)O[Si](C)(C)C(C)(C)C. The molecule has 1 aromatic carbocycles. The van der Waals surface area contributed by atoms with Gasteiger partial charge < -0.3 is 28.8 Å². The minimum absolute atomic E-state index is 0.0426. The van der Waals surface area contributed by atoms with E-state index in [2.05, 4.69) is 40.8 Å². The lowest BCUT2D eigenvalue weighted by Crippen LogP contribution is -2.48. The van der Waals surface area contributed by atoms with Gasteiger partial charge in [0.15, 0.2) is 14.6 Å². The molecule has 3 unspecified atom stereocenters. The number of aliphatic carboxylic acids is 1. The Bertz CT molecular complexity index is 912. The van der Waals surface area contributed by atoms with E-state index in [9.17, 15) is 9.90 Å². The molecule has 7 atom stereocenters. The highest BCUT2D eigenvalue weighted by molar-refractivity contribution is 6.74. The van der Waals surface area contributed by atoms with Crippen molar-refractivity contribution in [1.82, 2.24) is 0 Å². The van der Waals surface area contributed by atoms with Crippen LogP contribution in [0, 0.1) is 11.8 Å². The highest BCUT2D eigenvalue weighted by Crippen LogP contribution is 2.43. The Morgan fingerprint density at radius 2 is 1.76 bits per heavy atom. The van der Waals surface area contributed by atoms with E-state index in [4.69, 9.17) is 23.7 Å². The molecule has 1 heterocycles. The summed E-state index contributed by atoms with van der Waals surface area (Å²) in [5.74, 6) is 0.476. The molecule has 1 aliphatic carbocycles. The highest BCUT2D eigenvalue weighted by atomic mass is 28.4. The molecule has 1 aromatic rings. The number of unbranched alkanes of at least 4 members (excludes halogenated alkanes) is 3. The van der Waals surface area contributed by atoms with E-state index < -0.39 is 20.4 Å². The lowest BCUT2D eigenvalue weighted by molar-refractivity contribution is -0.196. The van der Waals surface area contributed by atoms with Gasteiger partial charge in [0, 0.05) is 19.4 Å². The summed E-state index contributed by atoms with van der Waals surface area (Å²) in [7, 11) is -2.07. The molecule has 2 N–H and O–H groups in total. The quantitative estimate of drug-likeness (QED) is 0.137. The van der Waals surface area contributed by atoms with Gasteiger partial charge in [-0.1, -0.05) is 58.2 Å². The topological polar surface area (TPSA) is 94.5 Å². The third-order valence-corrected chi connectivity index (χ3v) is 14.3. The van der Waals surface area contributed by atoms with Crippen molar-refractivity contribution in [3.8, 4) is 5.75 Å². The summed E-state index contributed by atoms with van der Waals surface area (Å²) in [6.45, 7) is 14.3. The standard InChI is InChI=1S/C34H58O7Si/c1-25(39-26-16-10-9-11-17-26)30(41-42(5,6)34(2,3)4)22-21-28-27(18-12-7-8-13-19-32(36)37)29(35)24-31(28)40-33-20-14-15-23-38-33/h9-11,16-17,25,27-31,33,35H,7-8,12-15,18-24H2,1-6H3,(H,36,37)/t25?,27-,28-,29+,30+,31?,33?/m1/s1. The van der Waals surface area contributed by atoms with Crippen molar-refractivity contribution in [2.75, 3.05) is 6.61 Å². The molecule has 1 aliphatic heterocycles. The van der Waals surface area contributed by atoms with Gasteiger partial charge in [0.05, 0.1) is 18.3 Å². The summed E-state index contributed by atoms with van der Waals surface area (Å²) in [5, 5.41) is 20.3. The molecule has 42 heavy (non-hydrogen) atoms. The normalized spacial score (nSPS) is 26.6. The Hall–Kier alpha value is -1.45. The third-order valence-electron chi connectivity index (χ3n) is 9.76. The lowest BCUT2D eigenvalue weighted by Gasteiger charge is -2.41. The fourth-order valence-corrected chi connectivity index (χ4v) is 7.65. The lowest BCUT2D eigenvalue weighted by atomic mass is 9.84. The smallest absolute Gasteiger partial charge is 0.303 e. The number of aliphatic hydroxyl groups excluding tert-OH is 1. The molecular weight excluding hydrogens is 548 g/mol. The maximum absolute atomic E-state index is 11.2. The molecule has 0 bridgehead atoms. The van der Waals surface area contributed by atoms with E-state index >= 15 is 0 Å². The second-order valence-electron chi connectivity index (χ2n) is 14.1. The van der Waals surface area contributed by atoms with Crippen molar-refractivity contribution in [2.45, 2.75) is 154 Å². The van der Waals surface area contributed by atoms with Gasteiger partial charge in [-0.2, -0.15) is 0 Å². The molecule has 0 radical (unpaired) electrons. The van der Waals surface area contributed by atoms with E-state index in [0.29, 0.717) is 12.8 Å². The molecule has 8 heteroatoms. The first kappa shape index (κ1) is 35.0. The molecule has 1 saturated carbocycles. The first-order valence-electron chi connectivity index (χ1n) is 16.4. The number of hydrogen-bond donors (Lipinski definition) is 2. The number of aliphatic hydroxyl groups is 1. The summed E-state index contributed by atoms with van der Waals surface area (Å²) in [5.41, 5.74) is 0. The van der Waals surface area contributed by atoms with E-state index in [-0.39, 0.29) is 47.9 Å². The zero-order valence-electron chi connectivity index (χ0n) is 27.1. The molecule has 240 valence electrons. The summed E-state index contributed by atoms with van der Waals surface area (Å²) >= 11 is 0. The van der Waals surface area contributed by atoms with Crippen LogP contribution in [0.2, 0.25) is 18.1 Å². The van der Waals surface area contributed by atoms with Crippen LogP contribution < -0.4 is 4.74 Å². The molecule has 7 nitrogen and oxygen atoms in total. The largest absolute Gasteiger partial charge is 0.488 e. The molecule has 3 rings (SSSR count). The zero-order chi connectivity index (χ0) is 30.8. The van der Waals surface area contributed by atoms with Gasteiger partial charge in [0.25, 0.3) is 0 Å². The summed E-state index contributed by atoms with van der Waals surface area (Å²) < 4.78 is 26.0. The van der Waals surface area contributed by atoms with Crippen LogP contribution in [0.1, 0.15) is 105 Å². The van der Waals surface area contributed by atoms with Gasteiger partial charge in [-0.05, 0) is 94.0 Å². The van der Waals surface area contributed by atoms with Gasteiger partial charge in [0.1, 0.15) is 11.9 Å². The number of rotatable bonds is 17.